The van der Waals surface area contributed by atoms with E-state index in [2.05, 4.69) is 24.1 Å². The van der Waals surface area contributed by atoms with E-state index in [1.165, 1.54) is 19.3 Å². The average Bonchev–Trinajstić information content (AvgIpc) is 2.33. The Morgan fingerprint density at radius 1 is 1.53 bits per heavy atom. The monoisotopic (exact) mass is 261 g/mol. The summed E-state index contributed by atoms with van der Waals surface area (Å²) >= 11 is 0. The van der Waals surface area contributed by atoms with Crippen molar-refractivity contribution in [2.24, 2.45) is 17.1 Å². The van der Waals surface area contributed by atoms with Gasteiger partial charge in [-0.2, -0.15) is 0 Å². The number of carbonyl (C=O) groups is 1. The van der Waals surface area contributed by atoms with Gasteiger partial charge in [0, 0.05) is 24.8 Å². The predicted octanol–water partition coefficient (Wildman–Crippen LogP) is 2.10. The van der Waals surface area contributed by atoms with E-state index in [1.807, 2.05) is 0 Å². The first kappa shape index (κ1) is 14.0. The second kappa shape index (κ2) is 5.70. The van der Waals surface area contributed by atoms with Crippen LogP contribution in [-0.2, 0) is 6.54 Å². The van der Waals surface area contributed by atoms with E-state index < -0.39 is 0 Å². The average molecular weight is 261 g/mol. The van der Waals surface area contributed by atoms with E-state index in [0.29, 0.717) is 12.1 Å². The standard InChI is InChI=1S/C15H23N3O/c1-15(2,12-4-3-5-12)10-18-14(19)11-6-7-17-13(8-11)9-16/h6-8,12H,3-5,9-10,16H2,1-2H3,(H,18,19). The van der Waals surface area contributed by atoms with Crippen molar-refractivity contribution in [1.29, 1.82) is 0 Å². The lowest BCUT2D eigenvalue weighted by Gasteiger charge is -2.40. The minimum atomic E-state index is -0.0375. The molecule has 1 amide bonds. The second-order valence-corrected chi connectivity index (χ2v) is 6.04. The lowest BCUT2D eigenvalue weighted by Crippen LogP contribution is -2.41. The molecule has 0 unspecified atom stereocenters. The summed E-state index contributed by atoms with van der Waals surface area (Å²) in [6.07, 6.45) is 5.53. The minimum Gasteiger partial charge on any atom is -0.351 e. The Bertz CT molecular complexity index is 452. The van der Waals surface area contributed by atoms with E-state index in [9.17, 15) is 4.79 Å². The third kappa shape index (κ3) is 3.32. The van der Waals surface area contributed by atoms with Gasteiger partial charge in [-0.05, 0) is 36.3 Å². The molecule has 0 radical (unpaired) electrons. The molecule has 1 heterocycles. The molecule has 0 aromatic carbocycles. The maximum absolute atomic E-state index is 12.1. The zero-order chi connectivity index (χ0) is 13.9. The lowest BCUT2D eigenvalue weighted by atomic mass is 9.67. The molecule has 0 saturated heterocycles. The quantitative estimate of drug-likeness (QED) is 0.853. The zero-order valence-electron chi connectivity index (χ0n) is 11.8. The van der Waals surface area contributed by atoms with Crippen LogP contribution in [0, 0.1) is 11.3 Å². The topological polar surface area (TPSA) is 68.0 Å². The SMILES string of the molecule is CC(C)(CNC(=O)c1ccnc(CN)c1)C1CCC1. The molecule has 0 atom stereocenters. The number of pyridine rings is 1. The Hall–Kier alpha value is -1.42. The van der Waals surface area contributed by atoms with E-state index in [-0.39, 0.29) is 11.3 Å². The molecular weight excluding hydrogens is 238 g/mol. The van der Waals surface area contributed by atoms with Crippen LogP contribution in [0.4, 0.5) is 0 Å². The van der Waals surface area contributed by atoms with Gasteiger partial charge < -0.3 is 11.1 Å². The van der Waals surface area contributed by atoms with Crippen LogP contribution >= 0.6 is 0 Å². The fraction of sp³-hybridized carbons (Fsp3) is 0.600. The van der Waals surface area contributed by atoms with Gasteiger partial charge in [-0.15, -0.1) is 0 Å². The zero-order valence-corrected chi connectivity index (χ0v) is 11.8. The highest BCUT2D eigenvalue weighted by Gasteiger charge is 2.33. The molecule has 1 aliphatic carbocycles. The molecule has 19 heavy (non-hydrogen) atoms. The van der Waals surface area contributed by atoms with Gasteiger partial charge in [0.15, 0.2) is 0 Å². The van der Waals surface area contributed by atoms with Crippen molar-refractivity contribution in [3.8, 4) is 0 Å². The molecule has 4 nitrogen and oxygen atoms in total. The van der Waals surface area contributed by atoms with Gasteiger partial charge in [0.1, 0.15) is 0 Å². The smallest absolute Gasteiger partial charge is 0.251 e. The maximum atomic E-state index is 12.1. The molecule has 2 rings (SSSR count). The number of nitrogens with two attached hydrogens (primary N) is 1. The first-order valence-corrected chi connectivity index (χ1v) is 6.96. The maximum Gasteiger partial charge on any atom is 0.251 e. The van der Waals surface area contributed by atoms with Crippen LogP contribution in [-0.4, -0.2) is 17.4 Å². The molecule has 0 spiro atoms. The van der Waals surface area contributed by atoms with E-state index in [4.69, 9.17) is 5.73 Å². The van der Waals surface area contributed by atoms with Gasteiger partial charge >= 0.3 is 0 Å². The molecular formula is C15H23N3O. The highest BCUT2D eigenvalue weighted by Crippen LogP contribution is 2.41. The Morgan fingerprint density at radius 2 is 2.26 bits per heavy atom. The number of rotatable bonds is 5. The molecule has 1 aromatic rings. The van der Waals surface area contributed by atoms with Gasteiger partial charge in [0.25, 0.3) is 5.91 Å². The first-order valence-electron chi connectivity index (χ1n) is 6.96. The molecule has 1 aliphatic rings. The molecule has 3 N–H and O–H groups in total. The molecule has 104 valence electrons. The molecule has 1 saturated carbocycles. The summed E-state index contributed by atoms with van der Waals surface area (Å²) in [5.41, 5.74) is 7.09. The number of aromatic nitrogens is 1. The summed E-state index contributed by atoms with van der Waals surface area (Å²) in [6, 6.07) is 3.48. The number of carbonyl (C=O) groups excluding carboxylic acids is 1. The molecule has 4 heteroatoms. The van der Waals surface area contributed by atoms with E-state index in [1.54, 1.807) is 18.3 Å². The van der Waals surface area contributed by atoms with Crippen LogP contribution in [0.2, 0.25) is 0 Å². The summed E-state index contributed by atoms with van der Waals surface area (Å²) in [4.78, 5) is 16.2. The van der Waals surface area contributed by atoms with Gasteiger partial charge in [0.2, 0.25) is 0 Å². The Balaban J connectivity index is 1.93. The van der Waals surface area contributed by atoms with Crippen molar-refractivity contribution in [2.75, 3.05) is 6.54 Å². The van der Waals surface area contributed by atoms with Crippen molar-refractivity contribution in [3.63, 3.8) is 0 Å². The largest absolute Gasteiger partial charge is 0.351 e. The van der Waals surface area contributed by atoms with Crippen LogP contribution in [0.5, 0.6) is 0 Å². The van der Waals surface area contributed by atoms with Gasteiger partial charge in [-0.1, -0.05) is 20.3 Å². The predicted molar refractivity (Wildman–Crippen MR) is 75.6 cm³/mol. The molecule has 0 bridgehead atoms. The molecule has 1 fully saturated rings. The summed E-state index contributed by atoms with van der Waals surface area (Å²) in [6.45, 7) is 5.54. The Morgan fingerprint density at radius 3 is 2.84 bits per heavy atom. The number of hydrogen-bond acceptors (Lipinski definition) is 3. The van der Waals surface area contributed by atoms with Crippen LogP contribution in [0.25, 0.3) is 0 Å². The summed E-state index contributed by atoms with van der Waals surface area (Å²) in [7, 11) is 0. The van der Waals surface area contributed by atoms with Crippen LogP contribution in [0.1, 0.15) is 49.2 Å². The number of nitrogens with zero attached hydrogens (tertiary/aromatic N) is 1. The van der Waals surface area contributed by atoms with Crippen LogP contribution in [0.15, 0.2) is 18.3 Å². The van der Waals surface area contributed by atoms with Gasteiger partial charge in [0.05, 0.1) is 5.69 Å². The number of amides is 1. The number of hydrogen-bond donors (Lipinski definition) is 2. The van der Waals surface area contributed by atoms with Crippen molar-refractivity contribution in [1.82, 2.24) is 10.3 Å². The van der Waals surface area contributed by atoms with E-state index >= 15 is 0 Å². The lowest BCUT2D eigenvalue weighted by molar-refractivity contribution is 0.0858. The summed E-state index contributed by atoms with van der Waals surface area (Å²) < 4.78 is 0. The molecule has 0 aliphatic heterocycles. The van der Waals surface area contributed by atoms with Crippen LogP contribution in [0.3, 0.4) is 0 Å². The third-order valence-electron chi connectivity index (χ3n) is 4.20. The molecule has 1 aromatic heterocycles. The van der Waals surface area contributed by atoms with Crippen LogP contribution < -0.4 is 11.1 Å². The Labute approximate surface area is 114 Å². The fourth-order valence-corrected chi connectivity index (χ4v) is 2.48. The first-order chi connectivity index (χ1) is 9.03. The van der Waals surface area contributed by atoms with Gasteiger partial charge in [-0.25, -0.2) is 0 Å². The normalized spacial score (nSPS) is 15.9. The minimum absolute atomic E-state index is 0.0375. The Kier molecular flexibility index (Phi) is 4.20. The van der Waals surface area contributed by atoms with E-state index in [0.717, 1.165) is 18.2 Å². The highest BCUT2D eigenvalue weighted by molar-refractivity contribution is 5.94. The van der Waals surface area contributed by atoms with Crippen molar-refractivity contribution in [2.45, 2.75) is 39.7 Å². The van der Waals surface area contributed by atoms with Crippen molar-refractivity contribution >= 4 is 5.91 Å². The second-order valence-electron chi connectivity index (χ2n) is 6.04. The highest BCUT2D eigenvalue weighted by atomic mass is 16.1. The third-order valence-corrected chi connectivity index (χ3v) is 4.20. The summed E-state index contributed by atoms with van der Waals surface area (Å²) in [5, 5.41) is 3.03. The fourth-order valence-electron chi connectivity index (χ4n) is 2.48. The van der Waals surface area contributed by atoms with Crippen molar-refractivity contribution < 1.29 is 4.79 Å². The number of nitrogens with one attached hydrogen (secondary N) is 1. The van der Waals surface area contributed by atoms with Crippen molar-refractivity contribution in [3.05, 3.63) is 29.6 Å². The summed E-state index contributed by atoms with van der Waals surface area (Å²) in [5.74, 6) is 0.703. The van der Waals surface area contributed by atoms with Gasteiger partial charge in [-0.3, -0.25) is 9.78 Å².